The van der Waals surface area contributed by atoms with Crippen molar-refractivity contribution in [3.8, 4) is 0 Å². The molecule has 1 fully saturated rings. The Kier molecular flexibility index (Phi) is 4.37. The smallest absolute Gasteiger partial charge is 0.337 e. The van der Waals surface area contributed by atoms with Crippen LogP contribution >= 0.6 is 0 Å². The van der Waals surface area contributed by atoms with Crippen LogP contribution in [-0.2, 0) is 4.74 Å². The van der Waals surface area contributed by atoms with Gasteiger partial charge in [-0.25, -0.2) is 4.79 Å². The summed E-state index contributed by atoms with van der Waals surface area (Å²) in [6, 6.07) is 7.55. The van der Waals surface area contributed by atoms with Crippen molar-refractivity contribution in [2.24, 2.45) is 11.7 Å². The maximum absolute atomic E-state index is 11.5. The Balaban J connectivity index is 2.14. The van der Waals surface area contributed by atoms with Gasteiger partial charge in [-0.05, 0) is 36.5 Å². The Hall–Kier alpha value is -1.35. The van der Waals surface area contributed by atoms with E-state index in [0.717, 1.165) is 5.56 Å². The van der Waals surface area contributed by atoms with E-state index in [2.05, 4.69) is 0 Å². The SMILES string of the molecule is COC(=O)c1cccc([C@H](N)C2CCCCC2)c1. The highest BCUT2D eigenvalue weighted by atomic mass is 16.5. The van der Waals surface area contributed by atoms with Gasteiger partial charge < -0.3 is 10.5 Å². The third kappa shape index (κ3) is 2.91. The molecule has 2 N–H and O–H groups in total. The van der Waals surface area contributed by atoms with Gasteiger partial charge in [0.25, 0.3) is 0 Å². The molecule has 3 nitrogen and oxygen atoms in total. The van der Waals surface area contributed by atoms with E-state index in [1.54, 1.807) is 6.07 Å². The lowest BCUT2D eigenvalue weighted by Crippen LogP contribution is -2.23. The molecular formula is C15H21NO2. The molecule has 3 heteroatoms. The highest BCUT2D eigenvalue weighted by molar-refractivity contribution is 5.89. The lowest BCUT2D eigenvalue weighted by atomic mass is 9.81. The maximum atomic E-state index is 11.5. The molecule has 0 unspecified atom stereocenters. The quantitative estimate of drug-likeness (QED) is 0.835. The van der Waals surface area contributed by atoms with E-state index >= 15 is 0 Å². The molecule has 0 bridgehead atoms. The Morgan fingerprint density at radius 1 is 1.33 bits per heavy atom. The van der Waals surface area contributed by atoms with Crippen molar-refractivity contribution < 1.29 is 9.53 Å². The second-order valence-corrected chi connectivity index (χ2v) is 5.04. The van der Waals surface area contributed by atoms with Crippen LogP contribution in [-0.4, -0.2) is 13.1 Å². The summed E-state index contributed by atoms with van der Waals surface area (Å²) >= 11 is 0. The van der Waals surface area contributed by atoms with Crippen LogP contribution < -0.4 is 5.73 Å². The summed E-state index contributed by atoms with van der Waals surface area (Å²) in [6.45, 7) is 0. The van der Waals surface area contributed by atoms with Crippen LogP contribution in [0.3, 0.4) is 0 Å². The number of esters is 1. The van der Waals surface area contributed by atoms with Gasteiger partial charge in [-0.1, -0.05) is 31.4 Å². The van der Waals surface area contributed by atoms with Crippen molar-refractivity contribution in [1.82, 2.24) is 0 Å². The van der Waals surface area contributed by atoms with Gasteiger partial charge in [0, 0.05) is 6.04 Å². The largest absolute Gasteiger partial charge is 0.465 e. The molecule has 1 aromatic rings. The number of benzene rings is 1. The summed E-state index contributed by atoms with van der Waals surface area (Å²) in [7, 11) is 1.40. The summed E-state index contributed by atoms with van der Waals surface area (Å²) in [5.41, 5.74) is 7.96. The van der Waals surface area contributed by atoms with Crippen LogP contribution in [0.4, 0.5) is 0 Å². The summed E-state index contributed by atoms with van der Waals surface area (Å²) in [5.74, 6) is 0.249. The molecule has 0 aromatic heterocycles. The van der Waals surface area contributed by atoms with Crippen molar-refractivity contribution in [3.63, 3.8) is 0 Å². The number of ether oxygens (including phenoxy) is 1. The predicted molar refractivity (Wildman–Crippen MR) is 71.3 cm³/mol. The van der Waals surface area contributed by atoms with Gasteiger partial charge in [-0.2, -0.15) is 0 Å². The van der Waals surface area contributed by atoms with Crippen LogP contribution in [0.1, 0.15) is 54.1 Å². The van der Waals surface area contributed by atoms with Crippen LogP contribution in [0, 0.1) is 5.92 Å². The van der Waals surface area contributed by atoms with Gasteiger partial charge in [-0.3, -0.25) is 0 Å². The third-order valence-electron chi connectivity index (χ3n) is 3.85. The van der Waals surface area contributed by atoms with Gasteiger partial charge in [0.1, 0.15) is 0 Å². The minimum absolute atomic E-state index is 0.0370. The molecule has 0 aliphatic heterocycles. The highest BCUT2D eigenvalue weighted by Crippen LogP contribution is 2.33. The number of carbonyl (C=O) groups is 1. The van der Waals surface area contributed by atoms with Crippen molar-refractivity contribution in [2.75, 3.05) is 7.11 Å². The van der Waals surface area contributed by atoms with E-state index in [1.807, 2.05) is 18.2 Å². The fourth-order valence-corrected chi connectivity index (χ4v) is 2.76. The van der Waals surface area contributed by atoms with Crippen molar-refractivity contribution in [3.05, 3.63) is 35.4 Å². The number of hydrogen-bond donors (Lipinski definition) is 1. The maximum Gasteiger partial charge on any atom is 0.337 e. The molecule has 1 aliphatic carbocycles. The number of methoxy groups -OCH3 is 1. The second kappa shape index (κ2) is 6.01. The first-order chi connectivity index (χ1) is 8.72. The van der Waals surface area contributed by atoms with Gasteiger partial charge in [0.2, 0.25) is 0 Å². The zero-order valence-electron chi connectivity index (χ0n) is 10.9. The lowest BCUT2D eigenvalue weighted by Gasteiger charge is -2.27. The van der Waals surface area contributed by atoms with Crippen molar-refractivity contribution in [2.45, 2.75) is 38.1 Å². The number of nitrogens with two attached hydrogens (primary N) is 1. The predicted octanol–water partition coefficient (Wildman–Crippen LogP) is 3.05. The van der Waals surface area contributed by atoms with Crippen molar-refractivity contribution in [1.29, 1.82) is 0 Å². The molecule has 0 amide bonds. The van der Waals surface area contributed by atoms with E-state index in [1.165, 1.54) is 39.2 Å². The summed E-state index contributed by atoms with van der Waals surface area (Å²) in [6.07, 6.45) is 6.27. The topological polar surface area (TPSA) is 52.3 Å². The average Bonchev–Trinajstić information content (AvgIpc) is 2.46. The van der Waals surface area contributed by atoms with E-state index in [-0.39, 0.29) is 12.0 Å². The molecule has 0 radical (unpaired) electrons. The van der Waals surface area contributed by atoms with Crippen LogP contribution in [0.15, 0.2) is 24.3 Å². The number of rotatable bonds is 3. The first-order valence-corrected chi connectivity index (χ1v) is 6.66. The highest BCUT2D eigenvalue weighted by Gasteiger charge is 2.22. The lowest BCUT2D eigenvalue weighted by molar-refractivity contribution is 0.0600. The Bertz CT molecular complexity index is 411. The number of carbonyl (C=O) groups excluding carboxylic acids is 1. The average molecular weight is 247 g/mol. The normalized spacial score (nSPS) is 18.3. The summed E-state index contributed by atoms with van der Waals surface area (Å²) in [4.78, 5) is 11.5. The Labute approximate surface area is 108 Å². The zero-order chi connectivity index (χ0) is 13.0. The molecular weight excluding hydrogens is 226 g/mol. The van der Waals surface area contributed by atoms with E-state index in [9.17, 15) is 4.79 Å². The van der Waals surface area contributed by atoms with E-state index in [4.69, 9.17) is 10.5 Å². The van der Waals surface area contributed by atoms with Crippen LogP contribution in [0.5, 0.6) is 0 Å². The van der Waals surface area contributed by atoms with Crippen LogP contribution in [0.25, 0.3) is 0 Å². The Morgan fingerprint density at radius 2 is 2.06 bits per heavy atom. The van der Waals surface area contributed by atoms with Gasteiger partial charge in [0.05, 0.1) is 12.7 Å². The minimum atomic E-state index is -0.298. The molecule has 98 valence electrons. The molecule has 1 saturated carbocycles. The molecule has 0 spiro atoms. The first-order valence-electron chi connectivity index (χ1n) is 6.66. The molecule has 1 aliphatic rings. The number of hydrogen-bond acceptors (Lipinski definition) is 3. The summed E-state index contributed by atoms with van der Waals surface area (Å²) < 4.78 is 4.74. The van der Waals surface area contributed by atoms with E-state index in [0.29, 0.717) is 11.5 Å². The van der Waals surface area contributed by atoms with Gasteiger partial charge in [-0.15, -0.1) is 0 Å². The van der Waals surface area contributed by atoms with Crippen LogP contribution in [0.2, 0.25) is 0 Å². The Morgan fingerprint density at radius 3 is 2.72 bits per heavy atom. The standard InChI is InChI=1S/C15H21NO2/c1-18-15(17)13-9-5-8-12(10-13)14(16)11-6-3-2-4-7-11/h5,8-11,14H,2-4,6-7,16H2,1H3/t14-/m1/s1. The fourth-order valence-electron chi connectivity index (χ4n) is 2.76. The fraction of sp³-hybridized carbons (Fsp3) is 0.533. The summed E-state index contributed by atoms with van der Waals surface area (Å²) in [5, 5.41) is 0. The second-order valence-electron chi connectivity index (χ2n) is 5.04. The molecule has 0 heterocycles. The molecule has 1 aromatic carbocycles. The third-order valence-corrected chi connectivity index (χ3v) is 3.85. The van der Waals surface area contributed by atoms with Crippen molar-refractivity contribution >= 4 is 5.97 Å². The molecule has 18 heavy (non-hydrogen) atoms. The monoisotopic (exact) mass is 247 g/mol. The van der Waals surface area contributed by atoms with Gasteiger partial charge >= 0.3 is 5.97 Å². The minimum Gasteiger partial charge on any atom is -0.465 e. The van der Waals surface area contributed by atoms with E-state index < -0.39 is 0 Å². The first kappa shape index (κ1) is 13.1. The molecule has 1 atom stereocenters. The molecule has 2 rings (SSSR count). The van der Waals surface area contributed by atoms with Gasteiger partial charge in [0.15, 0.2) is 0 Å². The molecule has 0 saturated heterocycles. The zero-order valence-corrected chi connectivity index (χ0v) is 10.9.